The minimum absolute atomic E-state index is 0.114. The number of rotatable bonds is 6. The minimum atomic E-state index is -0.114. The molecular formula is C19H30N2O. The fourth-order valence-corrected chi connectivity index (χ4v) is 3.34. The van der Waals surface area contributed by atoms with Crippen molar-refractivity contribution < 1.29 is 4.79 Å². The molecule has 122 valence electrons. The highest BCUT2D eigenvalue weighted by molar-refractivity contribution is 5.78. The summed E-state index contributed by atoms with van der Waals surface area (Å²) in [5.41, 5.74) is 1.13. The van der Waals surface area contributed by atoms with Gasteiger partial charge >= 0.3 is 0 Å². The maximum atomic E-state index is 12.9. The van der Waals surface area contributed by atoms with Crippen LogP contribution in [0.15, 0.2) is 30.3 Å². The second-order valence-corrected chi connectivity index (χ2v) is 6.99. The number of carbonyl (C=O) groups is 1. The highest BCUT2D eigenvalue weighted by Gasteiger charge is 2.30. The van der Waals surface area contributed by atoms with Gasteiger partial charge in [-0.1, -0.05) is 51.1 Å². The van der Waals surface area contributed by atoms with Crippen molar-refractivity contribution in [1.29, 1.82) is 0 Å². The second-order valence-electron chi connectivity index (χ2n) is 6.99. The third-order valence-electron chi connectivity index (χ3n) is 4.68. The zero-order valence-corrected chi connectivity index (χ0v) is 14.3. The summed E-state index contributed by atoms with van der Waals surface area (Å²) in [5, 5.41) is 3.39. The Morgan fingerprint density at radius 2 is 1.86 bits per heavy atom. The monoisotopic (exact) mass is 302 g/mol. The lowest BCUT2D eigenvalue weighted by atomic mass is 9.81. The van der Waals surface area contributed by atoms with E-state index in [0.717, 1.165) is 38.9 Å². The van der Waals surface area contributed by atoms with Gasteiger partial charge in [0.1, 0.15) is 0 Å². The standard InChI is InChI=1S/C19H30N2O/c1-4-14-21(17-10-12-20-13-11-17)18(22)15-19(2,3)16-8-6-5-7-9-16/h5-9,17,20H,4,10-15H2,1-3H3. The van der Waals surface area contributed by atoms with Crippen molar-refractivity contribution in [1.82, 2.24) is 10.2 Å². The highest BCUT2D eigenvalue weighted by atomic mass is 16.2. The first-order valence-electron chi connectivity index (χ1n) is 8.60. The van der Waals surface area contributed by atoms with Crippen LogP contribution in [-0.2, 0) is 10.2 Å². The summed E-state index contributed by atoms with van der Waals surface area (Å²) in [5.74, 6) is 0.308. The Balaban J connectivity index is 2.06. The number of hydrogen-bond donors (Lipinski definition) is 1. The van der Waals surface area contributed by atoms with Gasteiger partial charge in [-0.2, -0.15) is 0 Å². The van der Waals surface area contributed by atoms with Crippen molar-refractivity contribution in [2.75, 3.05) is 19.6 Å². The maximum absolute atomic E-state index is 12.9. The molecule has 0 aromatic heterocycles. The van der Waals surface area contributed by atoms with E-state index in [4.69, 9.17) is 0 Å². The van der Waals surface area contributed by atoms with Crippen LogP contribution in [-0.4, -0.2) is 36.5 Å². The van der Waals surface area contributed by atoms with Crippen molar-refractivity contribution in [3.05, 3.63) is 35.9 Å². The van der Waals surface area contributed by atoms with Gasteiger partial charge in [0.2, 0.25) is 5.91 Å². The molecule has 0 radical (unpaired) electrons. The molecule has 0 spiro atoms. The van der Waals surface area contributed by atoms with Gasteiger partial charge in [-0.25, -0.2) is 0 Å². The third-order valence-corrected chi connectivity index (χ3v) is 4.68. The van der Waals surface area contributed by atoms with Crippen LogP contribution in [0.5, 0.6) is 0 Å². The molecule has 0 saturated carbocycles. The van der Waals surface area contributed by atoms with E-state index in [2.05, 4.69) is 55.3 Å². The van der Waals surface area contributed by atoms with Crippen molar-refractivity contribution in [3.63, 3.8) is 0 Å². The van der Waals surface area contributed by atoms with Crippen LogP contribution < -0.4 is 5.32 Å². The molecule has 0 aliphatic carbocycles. The van der Waals surface area contributed by atoms with E-state index in [-0.39, 0.29) is 5.41 Å². The average Bonchev–Trinajstić information content (AvgIpc) is 2.54. The third kappa shape index (κ3) is 4.33. The fraction of sp³-hybridized carbons (Fsp3) is 0.632. The molecule has 1 aliphatic heterocycles. The first kappa shape index (κ1) is 17.0. The molecule has 1 aromatic carbocycles. The number of carbonyl (C=O) groups excluding carboxylic acids is 1. The zero-order valence-electron chi connectivity index (χ0n) is 14.3. The van der Waals surface area contributed by atoms with E-state index in [9.17, 15) is 4.79 Å². The normalized spacial score (nSPS) is 16.5. The zero-order chi connectivity index (χ0) is 16.0. The van der Waals surface area contributed by atoms with E-state index in [1.54, 1.807) is 0 Å². The molecule has 1 aromatic rings. The Morgan fingerprint density at radius 1 is 1.23 bits per heavy atom. The van der Waals surface area contributed by atoms with Gasteiger partial charge in [0.15, 0.2) is 0 Å². The van der Waals surface area contributed by atoms with Crippen LogP contribution in [0.1, 0.15) is 52.0 Å². The highest BCUT2D eigenvalue weighted by Crippen LogP contribution is 2.28. The molecule has 3 nitrogen and oxygen atoms in total. The molecule has 22 heavy (non-hydrogen) atoms. The molecule has 0 atom stereocenters. The van der Waals surface area contributed by atoms with Crippen molar-refractivity contribution >= 4 is 5.91 Å². The molecule has 1 fully saturated rings. The molecule has 1 saturated heterocycles. The lowest BCUT2D eigenvalue weighted by Crippen LogP contribution is -2.47. The average molecular weight is 302 g/mol. The Bertz CT molecular complexity index is 464. The lowest BCUT2D eigenvalue weighted by molar-refractivity contribution is -0.135. The number of benzene rings is 1. The maximum Gasteiger partial charge on any atom is 0.223 e. The fourth-order valence-electron chi connectivity index (χ4n) is 3.34. The summed E-state index contributed by atoms with van der Waals surface area (Å²) in [4.78, 5) is 15.1. The summed E-state index contributed by atoms with van der Waals surface area (Å²) >= 11 is 0. The Morgan fingerprint density at radius 3 is 2.45 bits per heavy atom. The number of nitrogens with zero attached hydrogens (tertiary/aromatic N) is 1. The predicted octanol–water partition coefficient (Wildman–Crippen LogP) is 3.34. The number of hydrogen-bond acceptors (Lipinski definition) is 2. The topological polar surface area (TPSA) is 32.3 Å². The van der Waals surface area contributed by atoms with Gasteiger partial charge in [-0.3, -0.25) is 4.79 Å². The lowest BCUT2D eigenvalue weighted by Gasteiger charge is -2.37. The number of nitrogens with one attached hydrogen (secondary N) is 1. The van der Waals surface area contributed by atoms with Crippen LogP contribution in [0, 0.1) is 0 Å². The first-order chi connectivity index (χ1) is 10.5. The van der Waals surface area contributed by atoms with Crippen LogP contribution in [0.2, 0.25) is 0 Å². The largest absolute Gasteiger partial charge is 0.340 e. The van der Waals surface area contributed by atoms with Gasteiger partial charge < -0.3 is 10.2 Å². The van der Waals surface area contributed by atoms with E-state index in [1.807, 2.05) is 6.07 Å². The molecule has 2 rings (SSSR count). The predicted molar refractivity (Wildman–Crippen MR) is 92.0 cm³/mol. The van der Waals surface area contributed by atoms with Crippen LogP contribution in [0.3, 0.4) is 0 Å². The van der Waals surface area contributed by atoms with Gasteiger partial charge in [-0.05, 0) is 43.3 Å². The van der Waals surface area contributed by atoms with Gasteiger partial charge in [0, 0.05) is 19.0 Å². The Kier molecular flexibility index (Phi) is 6.01. The quantitative estimate of drug-likeness (QED) is 0.874. The first-order valence-corrected chi connectivity index (χ1v) is 8.60. The second kappa shape index (κ2) is 7.77. The Labute approximate surface area is 135 Å². The van der Waals surface area contributed by atoms with E-state index >= 15 is 0 Å². The van der Waals surface area contributed by atoms with Crippen molar-refractivity contribution in [3.8, 4) is 0 Å². The van der Waals surface area contributed by atoms with E-state index < -0.39 is 0 Å². The molecule has 1 heterocycles. The molecule has 1 aliphatic rings. The summed E-state index contributed by atoms with van der Waals surface area (Å²) in [6.45, 7) is 9.44. The minimum Gasteiger partial charge on any atom is -0.340 e. The van der Waals surface area contributed by atoms with Crippen LogP contribution in [0.25, 0.3) is 0 Å². The van der Waals surface area contributed by atoms with Crippen LogP contribution >= 0.6 is 0 Å². The van der Waals surface area contributed by atoms with Gasteiger partial charge in [-0.15, -0.1) is 0 Å². The Hall–Kier alpha value is -1.35. The van der Waals surface area contributed by atoms with Gasteiger partial charge in [0.05, 0.1) is 0 Å². The molecule has 0 unspecified atom stereocenters. The SMILES string of the molecule is CCCN(C(=O)CC(C)(C)c1ccccc1)C1CCNCC1. The van der Waals surface area contributed by atoms with Crippen molar-refractivity contribution in [2.24, 2.45) is 0 Å². The van der Waals surface area contributed by atoms with E-state index in [1.165, 1.54) is 5.56 Å². The molecule has 0 bridgehead atoms. The smallest absolute Gasteiger partial charge is 0.223 e. The summed E-state index contributed by atoms with van der Waals surface area (Å²) in [6, 6.07) is 10.8. The van der Waals surface area contributed by atoms with Crippen molar-refractivity contribution in [2.45, 2.75) is 57.9 Å². The summed E-state index contributed by atoms with van der Waals surface area (Å²) < 4.78 is 0. The molecule has 1 N–H and O–H groups in total. The molecule has 1 amide bonds. The van der Waals surface area contributed by atoms with Gasteiger partial charge in [0.25, 0.3) is 0 Å². The summed E-state index contributed by atoms with van der Waals surface area (Å²) in [7, 11) is 0. The van der Waals surface area contributed by atoms with E-state index in [0.29, 0.717) is 18.4 Å². The number of piperidine rings is 1. The number of amides is 1. The van der Waals surface area contributed by atoms with Crippen LogP contribution in [0.4, 0.5) is 0 Å². The molecule has 3 heteroatoms. The molecular weight excluding hydrogens is 272 g/mol. The summed E-state index contributed by atoms with van der Waals surface area (Å²) in [6.07, 6.45) is 3.78.